The van der Waals surface area contributed by atoms with E-state index in [4.69, 9.17) is 4.74 Å². The highest BCUT2D eigenvalue weighted by atomic mass is 19.1. The van der Waals surface area contributed by atoms with Crippen LogP contribution in [0.3, 0.4) is 0 Å². The average Bonchev–Trinajstić information content (AvgIpc) is 2.29. The van der Waals surface area contributed by atoms with Crippen LogP contribution in [0.2, 0.25) is 0 Å². The van der Waals surface area contributed by atoms with Crippen LogP contribution in [0.25, 0.3) is 0 Å². The van der Waals surface area contributed by atoms with Crippen LogP contribution in [0, 0.1) is 0 Å². The molecule has 0 saturated heterocycles. The van der Waals surface area contributed by atoms with Gasteiger partial charge in [-0.25, -0.2) is 4.39 Å². The molecule has 0 aromatic heterocycles. The number of benzene rings is 1. The number of hydrogen-bond donors (Lipinski definition) is 0. The number of alkyl halides is 1. The maximum atomic E-state index is 13.2. The molecule has 15 heavy (non-hydrogen) atoms. The van der Waals surface area contributed by atoms with E-state index in [9.17, 15) is 9.18 Å². The molecule has 0 bridgehead atoms. The highest BCUT2D eigenvalue weighted by Gasteiger charge is 2.18. The fourth-order valence-electron chi connectivity index (χ4n) is 1.14. The largest absolute Gasteiger partial charge is 0.342 e. The maximum Gasteiger partial charge on any atom is 0.262 e. The van der Waals surface area contributed by atoms with Crippen LogP contribution in [0.4, 0.5) is 4.39 Å². The highest BCUT2D eigenvalue weighted by molar-refractivity contribution is 5.98. The van der Waals surface area contributed by atoms with Crippen LogP contribution in [0.15, 0.2) is 30.3 Å². The summed E-state index contributed by atoms with van der Waals surface area (Å²) in [5.74, 6) is -0.605. The first-order chi connectivity index (χ1) is 7.25. The van der Waals surface area contributed by atoms with Gasteiger partial charge < -0.3 is 4.74 Å². The van der Waals surface area contributed by atoms with Crippen molar-refractivity contribution in [2.45, 2.75) is 26.1 Å². The fraction of sp³-hybridized carbons (Fsp3) is 0.417. The van der Waals surface area contributed by atoms with Crippen molar-refractivity contribution in [1.29, 1.82) is 0 Å². The van der Waals surface area contributed by atoms with E-state index in [0.29, 0.717) is 5.56 Å². The number of hydrogen-bond acceptors (Lipinski definition) is 2. The van der Waals surface area contributed by atoms with Crippen molar-refractivity contribution in [2.24, 2.45) is 0 Å². The first-order valence-electron chi connectivity index (χ1n) is 5.10. The van der Waals surface area contributed by atoms with E-state index in [1.54, 1.807) is 30.3 Å². The van der Waals surface area contributed by atoms with Crippen LogP contribution in [0.5, 0.6) is 0 Å². The standard InChI is InChI=1S/C12H15FO2/c1-2-3-9-15-12(13)11(14)10-7-5-4-6-8-10/h4-8,12H,2-3,9H2,1H3. The van der Waals surface area contributed by atoms with Crippen molar-refractivity contribution in [1.82, 2.24) is 0 Å². The summed E-state index contributed by atoms with van der Waals surface area (Å²) in [7, 11) is 0. The van der Waals surface area contributed by atoms with Crippen molar-refractivity contribution in [3.63, 3.8) is 0 Å². The normalized spacial score (nSPS) is 12.4. The molecule has 1 unspecified atom stereocenters. The molecule has 0 aliphatic carbocycles. The summed E-state index contributed by atoms with van der Waals surface area (Å²) in [6.07, 6.45) is -0.145. The predicted octanol–water partition coefficient (Wildman–Crippen LogP) is 2.98. The topological polar surface area (TPSA) is 26.3 Å². The molecule has 1 aromatic rings. The lowest BCUT2D eigenvalue weighted by Gasteiger charge is -2.08. The Morgan fingerprint density at radius 1 is 1.40 bits per heavy atom. The van der Waals surface area contributed by atoms with Crippen molar-refractivity contribution >= 4 is 5.78 Å². The first kappa shape index (κ1) is 11.9. The number of Topliss-reactive ketones (excluding diaryl/α,β-unsaturated/α-hetero) is 1. The van der Waals surface area contributed by atoms with E-state index < -0.39 is 12.1 Å². The quantitative estimate of drug-likeness (QED) is 0.533. The summed E-state index contributed by atoms with van der Waals surface area (Å²) in [5, 5.41) is 0. The number of ether oxygens (including phenoxy) is 1. The number of carbonyl (C=O) groups is 1. The molecule has 0 N–H and O–H groups in total. The van der Waals surface area contributed by atoms with Gasteiger partial charge in [0, 0.05) is 5.56 Å². The summed E-state index contributed by atoms with van der Waals surface area (Å²) >= 11 is 0. The molecule has 3 heteroatoms. The van der Waals surface area contributed by atoms with E-state index in [-0.39, 0.29) is 6.61 Å². The van der Waals surface area contributed by atoms with Crippen molar-refractivity contribution < 1.29 is 13.9 Å². The predicted molar refractivity (Wildman–Crippen MR) is 56.5 cm³/mol. The van der Waals surface area contributed by atoms with Gasteiger partial charge in [-0.2, -0.15) is 0 Å². The summed E-state index contributed by atoms with van der Waals surface area (Å²) in [6, 6.07) is 8.34. The molecular formula is C12H15FO2. The lowest BCUT2D eigenvalue weighted by atomic mass is 10.1. The minimum atomic E-state index is -1.83. The van der Waals surface area contributed by atoms with Gasteiger partial charge in [0.15, 0.2) is 0 Å². The van der Waals surface area contributed by atoms with Crippen molar-refractivity contribution in [2.75, 3.05) is 6.61 Å². The van der Waals surface area contributed by atoms with E-state index in [1.807, 2.05) is 6.92 Å². The van der Waals surface area contributed by atoms with Gasteiger partial charge in [-0.3, -0.25) is 4.79 Å². The molecule has 0 heterocycles. The maximum absolute atomic E-state index is 13.2. The van der Waals surface area contributed by atoms with Gasteiger partial charge in [-0.15, -0.1) is 0 Å². The second kappa shape index (κ2) is 6.30. The number of unbranched alkanes of at least 4 members (excludes halogenated alkanes) is 1. The molecule has 0 aliphatic heterocycles. The number of halogens is 1. The minimum absolute atomic E-state index is 0.288. The Labute approximate surface area is 89.1 Å². The highest BCUT2D eigenvalue weighted by Crippen LogP contribution is 2.08. The Kier molecular flexibility index (Phi) is 4.98. The third kappa shape index (κ3) is 3.80. The van der Waals surface area contributed by atoms with Gasteiger partial charge in [0.05, 0.1) is 6.61 Å². The first-order valence-corrected chi connectivity index (χ1v) is 5.10. The van der Waals surface area contributed by atoms with E-state index in [1.165, 1.54) is 0 Å². The van der Waals surface area contributed by atoms with E-state index in [0.717, 1.165) is 12.8 Å². The zero-order valence-electron chi connectivity index (χ0n) is 8.78. The Morgan fingerprint density at radius 3 is 2.67 bits per heavy atom. The van der Waals surface area contributed by atoms with Gasteiger partial charge in [-0.05, 0) is 6.42 Å². The van der Waals surface area contributed by atoms with Gasteiger partial charge in [0.25, 0.3) is 6.36 Å². The third-order valence-electron chi connectivity index (χ3n) is 2.03. The summed E-state index contributed by atoms with van der Waals surface area (Å²) in [4.78, 5) is 11.4. The molecule has 82 valence electrons. The SMILES string of the molecule is CCCCOC(F)C(=O)c1ccccc1. The Hall–Kier alpha value is -1.22. The summed E-state index contributed by atoms with van der Waals surface area (Å²) < 4.78 is 18.0. The van der Waals surface area contributed by atoms with Crippen LogP contribution in [-0.4, -0.2) is 18.7 Å². The monoisotopic (exact) mass is 210 g/mol. The molecule has 0 aliphatic rings. The zero-order valence-corrected chi connectivity index (χ0v) is 8.78. The second-order valence-electron chi connectivity index (χ2n) is 3.27. The van der Waals surface area contributed by atoms with Crippen LogP contribution in [0.1, 0.15) is 30.1 Å². The number of ketones is 1. The van der Waals surface area contributed by atoms with Gasteiger partial charge in [0.1, 0.15) is 0 Å². The molecule has 0 amide bonds. The lowest BCUT2D eigenvalue weighted by Crippen LogP contribution is -2.19. The smallest absolute Gasteiger partial charge is 0.262 e. The Balaban J connectivity index is 2.46. The van der Waals surface area contributed by atoms with Gasteiger partial charge >= 0.3 is 0 Å². The van der Waals surface area contributed by atoms with Crippen LogP contribution in [-0.2, 0) is 4.74 Å². The van der Waals surface area contributed by atoms with Crippen LogP contribution < -0.4 is 0 Å². The molecule has 0 fully saturated rings. The zero-order chi connectivity index (χ0) is 11.1. The summed E-state index contributed by atoms with van der Waals surface area (Å²) in [6.45, 7) is 2.27. The second-order valence-corrected chi connectivity index (χ2v) is 3.27. The fourth-order valence-corrected chi connectivity index (χ4v) is 1.14. The molecule has 0 saturated carbocycles. The Bertz CT molecular complexity index is 298. The molecule has 1 aromatic carbocycles. The van der Waals surface area contributed by atoms with Crippen LogP contribution >= 0.6 is 0 Å². The molecule has 0 radical (unpaired) electrons. The number of rotatable bonds is 6. The van der Waals surface area contributed by atoms with Gasteiger partial charge in [-0.1, -0.05) is 43.7 Å². The molecule has 2 nitrogen and oxygen atoms in total. The minimum Gasteiger partial charge on any atom is -0.342 e. The number of carbonyl (C=O) groups excluding carboxylic acids is 1. The van der Waals surface area contributed by atoms with E-state index in [2.05, 4.69) is 0 Å². The summed E-state index contributed by atoms with van der Waals surface area (Å²) in [5.41, 5.74) is 0.349. The molecular weight excluding hydrogens is 195 g/mol. The molecule has 1 atom stereocenters. The van der Waals surface area contributed by atoms with Crippen molar-refractivity contribution in [3.8, 4) is 0 Å². The lowest BCUT2D eigenvalue weighted by molar-refractivity contribution is -0.0217. The molecule has 0 spiro atoms. The Morgan fingerprint density at radius 2 is 2.07 bits per heavy atom. The van der Waals surface area contributed by atoms with Gasteiger partial charge in [0.2, 0.25) is 5.78 Å². The van der Waals surface area contributed by atoms with Crippen molar-refractivity contribution in [3.05, 3.63) is 35.9 Å². The average molecular weight is 210 g/mol. The third-order valence-corrected chi connectivity index (χ3v) is 2.03. The molecule has 1 rings (SSSR count). The van der Waals surface area contributed by atoms with E-state index >= 15 is 0 Å².